The average Bonchev–Trinajstić information content (AvgIpc) is 1.65. The van der Waals surface area contributed by atoms with Crippen LogP contribution >= 0.6 is 0 Å². The number of benzene rings is 18. The van der Waals surface area contributed by atoms with E-state index in [1.165, 1.54) is 133 Å². The Bertz CT molecular complexity index is 6730. The fourth-order valence-electron chi connectivity index (χ4n) is 22.4. The van der Waals surface area contributed by atoms with Crippen LogP contribution in [-0.2, 0) is 21.7 Å². The summed E-state index contributed by atoms with van der Waals surface area (Å²) in [5, 5.41) is 0. The van der Waals surface area contributed by atoms with Crippen LogP contribution in [0.2, 0.25) is 0 Å². The van der Waals surface area contributed by atoms with Gasteiger partial charge in [-0.15, -0.1) is 0 Å². The monoisotopic (exact) mass is 1540 g/mol. The topological polar surface area (TPSA) is 6.48 Å². The summed E-state index contributed by atoms with van der Waals surface area (Å²) in [6.45, 7) is 13.9. The lowest BCUT2D eigenvalue weighted by Gasteiger charge is -2.46. The second kappa shape index (κ2) is 26.6. The number of para-hydroxylation sites is 2. The minimum Gasteiger partial charge on any atom is -0.310 e. The molecule has 0 bridgehead atoms. The van der Waals surface area contributed by atoms with E-state index in [2.05, 4.69) is 458 Å². The first-order chi connectivity index (χ1) is 59.3. The number of hydrogen-bond acceptors (Lipinski definition) is 2. The van der Waals surface area contributed by atoms with E-state index in [1.54, 1.807) is 0 Å². The van der Waals surface area contributed by atoms with Crippen molar-refractivity contribution in [3.05, 3.63) is 462 Å². The standard InChI is InChI=1S/C118H85BN2/c1-115(2,3)82-67-80(68-83(73-82)116(4,5)6)81-71-108-112-109(72-81)121(114-88(76-39-15-9-16-40-76)53-32-54-89(114)77-41-17-10-18-42-77)107-66-64-79(85-50-34-62-103-111(85)95-48-24-30-60-101(95)118(103)98-57-27-21-45-92(98)93-46-22-28-58-99(93)118)70-105(107)119(112)104-69-78(63-65-106(104)120(108)113-86(74-35-11-7-12-36-74)51-31-52-87(113)75-37-13-8-14-38-75)84-49-33-61-102-110(84)94-47-23-29-59-100(94)117(102)96-55-25-19-43-90(96)91-44-20-26-56-97(91)117/h7-73H,1-6H3. The van der Waals surface area contributed by atoms with Gasteiger partial charge in [-0.3, -0.25) is 0 Å². The maximum Gasteiger partial charge on any atom is 0.252 e. The second-order valence-corrected chi connectivity index (χ2v) is 36.0. The predicted octanol–water partition coefficient (Wildman–Crippen LogP) is 28.7. The van der Waals surface area contributed by atoms with Gasteiger partial charge in [0.05, 0.1) is 22.2 Å². The van der Waals surface area contributed by atoms with Crippen LogP contribution in [0.4, 0.5) is 34.1 Å². The fourth-order valence-corrected chi connectivity index (χ4v) is 22.4. The van der Waals surface area contributed by atoms with Gasteiger partial charge in [0.25, 0.3) is 6.71 Å². The third kappa shape index (κ3) is 10.2. The molecule has 0 atom stereocenters. The molecule has 2 spiro atoms. The van der Waals surface area contributed by atoms with Gasteiger partial charge in [-0.1, -0.05) is 424 Å². The molecule has 18 aromatic rings. The Kier molecular flexibility index (Phi) is 15.5. The zero-order valence-corrected chi connectivity index (χ0v) is 68.7. The number of fused-ring (bicyclic) bond motifs is 24. The molecule has 3 heteroatoms. The Balaban J connectivity index is 0.860. The molecule has 18 aromatic carbocycles. The molecule has 4 aliphatic carbocycles. The van der Waals surface area contributed by atoms with Crippen LogP contribution in [0, 0.1) is 0 Å². The van der Waals surface area contributed by atoms with Crippen LogP contribution in [-0.4, -0.2) is 6.71 Å². The van der Waals surface area contributed by atoms with Crippen LogP contribution in [0.15, 0.2) is 406 Å². The first-order valence-corrected chi connectivity index (χ1v) is 42.9. The van der Waals surface area contributed by atoms with Crippen molar-refractivity contribution in [1.82, 2.24) is 0 Å². The zero-order chi connectivity index (χ0) is 80.8. The Hall–Kier alpha value is -14.4. The highest BCUT2D eigenvalue weighted by atomic mass is 15.2. The van der Waals surface area contributed by atoms with E-state index >= 15 is 0 Å². The number of rotatable bonds is 9. The minimum atomic E-state index is -0.542. The van der Waals surface area contributed by atoms with Gasteiger partial charge in [0.1, 0.15) is 0 Å². The van der Waals surface area contributed by atoms with Crippen molar-refractivity contribution in [2.45, 2.75) is 63.2 Å². The second-order valence-electron chi connectivity index (χ2n) is 36.0. The summed E-state index contributed by atoms with van der Waals surface area (Å²) in [5.41, 5.74) is 48.7. The van der Waals surface area contributed by atoms with Gasteiger partial charge in [-0.25, -0.2) is 0 Å². The van der Waals surface area contributed by atoms with Crippen LogP contribution in [0.1, 0.15) is 97.2 Å². The molecular weight excluding hydrogens is 1460 g/mol. The molecule has 2 nitrogen and oxygen atoms in total. The van der Waals surface area contributed by atoms with Crippen molar-refractivity contribution in [3.8, 4) is 122 Å². The molecule has 0 saturated carbocycles. The van der Waals surface area contributed by atoms with Crippen molar-refractivity contribution in [2.75, 3.05) is 9.80 Å². The Labute approximate surface area is 709 Å². The summed E-state index contributed by atoms with van der Waals surface area (Å²) in [6, 6.07) is 157. The van der Waals surface area contributed by atoms with E-state index in [0.29, 0.717) is 0 Å². The first-order valence-electron chi connectivity index (χ1n) is 42.9. The number of nitrogens with zero attached hydrogens (tertiary/aromatic N) is 2. The van der Waals surface area contributed by atoms with E-state index < -0.39 is 10.8 Å². The summed E-state index contributed by atoms with van der Waals surface area (Å²) < 4.78 is 0. The van der Waals surface area contributed by atoms with Gasteiger partial charge < -0.3 is 9.80 Å². The van der Waals surface area contributed by atoms with Crippen molar-refractivity contribution >= 4 is 57.2 Å². The zero-order valence-electron chi connectivity index (χ0n) is 68.7. The maximum atomic E-state index is 2.74. The molecule has 570 valence electrons. The largest absolute Gasteiger partial charge is 0.310 e. The summed E-state index contributed by atoms with van der Waals surface area (Å²) >= 11 is 0. The molecule has 121 heavy (non-hydrogen) atoms. The highest BCUT2D eigenvalue weighted by molar-refractivity contribution is 7.00. The lowest BCUT2D eigenvalue weighted by molar-refractivity contribution is 0.569. The molecule has 0 N–H and O–H groups in total. The molecule has 6 aliphatic rings. The van der Waals surface area contributed by atoms with Crippen molar-refractivity contribution < 1.29 is 0 Å². The Morgan fingerprint density at radius 3 is 0.793 bits per heavy atom. The van der Waals surface area contributed by atoms with E-state index in [1.807, 2.05) is 0 Å². The van der Waals surface area contributed by atoms with E-state index in [0.717, 1.165) is 95.3 Å². The quantitative estimate of drug-likeness (QED) is 0.133. The molecule has 0 amide bonds. The van der Waals surface area contributed by atoms with E-state index in [4.69, 9.17) is 0 Å². The van der Waals surface area contributed by atoms with Crippen LogP contribution in [0.3, 0.4) is 0 Å². The third-order valence-corrected chi connectivity index (χ3v) is 27.6. The van der Waals surface area contributed by atoms with Crippen LogP contribution in [0.5, 0.6) is 0 Å². The molecular formula is C118H85BN2. The lowest BCUT2D eigenvalue weighted by Crippen LogP contribution is -2.61. The first kappa shape index (κ1) is 70.8. The number of hydrogen-bond donors (Lipinski definition) is 0. The molecule has 2 aliphatic heterocycles. The van der Waals surface area contributed by atoms with Gasteiger partial charge in [0.15, 0.2) is 0 Å². The SMILES string of the molecule is CC(C)(C)c1cc(-c2cc3c4c(c2)N(c2c(-c5ccccc5)cccc2-c2ccccc2)c2ccc(-c5cccc6c5-c5ccccc5C65c6ccccc6-c6ccccc65)cc2B4c2cc(-c4cccc5c4-c4ccccc4C54c5ccccc5-c5ccccc54)ccc2N3c2c(-c3ccccc3)cccc2-c2ccccc2)cc(C(C)(C)C)c1. The Morgan fingerprint density at radius 2 is 0.463 bits per heavy atom. The molecule has 0 radical (unpaired) electrons. The van der Waals surface area contributed by atoms with Gasteiger partial charge >= 0.3 is 0 Å². The fraction of sp³-hybridized carbons (Fsp3) is 0.0847. The van der Waals surface area contributed by atoms with Crippen molar-refractivity contribution in [1.29, 1.82) is 0 Å². The van der Waals surface area contributed by atoms with Crippen molar-refractivity contribution in [3.63, 3.8) is 0 Å². The van der Waals surface area contributed by atoms with Crippen LogP contribution < -0.4 is 26.2 Å². The van der Waals surface area contributed by atoms with Crippen LogP contribution in [0.25, 0.3) is 122 Å². The molecule has 24 rings (SSSR count). The smallest absolute Gasteiger partial charge is 0.252 e. The molecule has 0 aromatic heterocycles. The minimum absolute atomic E-state index is 0.172. The maximum absolute atomic E-state index is 2.74. The molecule has 2 heterocycles. The summed E-state index contributed by atoms with van der Waals surface area (Å²) in [5.74, 6) is 0. The molecule has 0 unspecified atom stereocenters. The normalized spacial score (nSPS) is 14.0. The highest BCUT2D eigenvalue weighted by Crippen LogP contribution is 2.67. The van der Waals surface area contributed by atoms with E-state index in [-0.39, 0.29) is 17.5 Å². The van der Waals surface area contributed by atoms with Gasteiger partial charge in [-0.05, 0) is 207 Å². The predicted molar refractivity (Wildman–Crippen MR) is 509 cm³/mol. The van der Waals surface area contributed by atoms with Gasteiger partial charge in [0.2, 0.25) is 0 Å². The van der Waals surface area contributed by atoms with Gasteiger partial charge in [0, 0.05) is 45.0 Å². The highest BCUT2D eigenvalue weighted by Gasteiger charge is 2.55. The van der Waals surface area contributed by atoms with Gasteiger partial charge in [-0.2, -0.15) is 0 Å². The summed E-state index contributed by atoms with van der Waals surface area (Å²) in [6.07, 6.45) is 0. The lowest BCUT2D eigenvalue weighted by atomic mass is 9.33. The molecule has 0 saturated heterocycles. The Morgan fingerprint density at radius 1 is 0.198 bits per heavy atom. The van der Waals surface area contributed by atoms with Crippen molar-refractivity contribution in [2.24, 2.45) is 0 Å². The summed E-state index contributed by atoms with van der Waals surface area (Å²) in [4.78, 5) is 5.47. The molecule has 0 fully saturated rings. The van der Waals surface area contributed by atoms with E-state index in [9.17, 15) is 0 Å². The summed E-state index contributed by atoms with van der Waals surface area (Å²) in [7, 11) is 0. The third-order valence-electron chi connectivity index (χ3n) is 27.6. The average molecular weight is 1540 g/mol. The number of anilines is 6.